The molecule has 0 saturated heterocycles. The van der Waals surface area contributed by atoms with Crippen molar-refractivity contribution in [3.63, 3.8) is 0 Å². The Bertz CT molecular complexity index is 941. The minimum atomic E-state index is -4.99. The molecule has 0 aliphatic carbocycles. The summed E-state index contributed by atoms with van der Waals surface area (Å²) in [6.45, 7) is 0. The molecule has 8 heteroatoms. The average molecular weight is 358 g/mol. The minimum absolute atomic E-state index is 0.0478. The zero-order valence-electron chi connectivity index (χ0n) is 12.8. The third-order valence-corrected chi connectivity index (χ3v) is 4.34. The molecule has 0 fully saturated rings. The van der Waals surface area contributed by atoms with Gasteiger partial charge in [0, 0.05) is 5.39 Å². The molecule has 0 saturated carbocycles. The van der Waals surface area contributed by atoms with Crippen LogP contribution in [0.3, 0.4) is 0 Å². The highest BCUT2D eigenvalue weighted by molar-refractivity contribution is 7.46. The van der Waals surface area contributed by atoms with Crippen LogP contribution in [0, 0.1) is 10.1 Å². The molecule has 7 nitrogen and oxygen atoms in total. The third kappa shape index (κ3) is 4.03. The van der Waals surface area contributed by atoms with Crippen LogP contribution in [0.1, 0.15) is 11.8 Å². The van der Waals surface area contributed by atoms with E-state index < -0.39 is 19.0 Å². The summed E-state index contributed by atoms with van der Waals surface area (Å²) >= 11 is 0. The molecular weight excluding hydrogens is 345 g/mol. The van der Waals surface area contributed by atoms with Crippen molar-refractivity contribution in [2.75, 3.05) is 0 Å². The van der Waals surface area contributed by atoms with Crippen LogP contribution in [0.25, 0.3) is 10.8 Å². The van der Waals surface area contributed by atoms with E-state index in [9.17, 15) is 19.6 Å². The molecule has 128 valence electrons. The number of nitrogens with zero attached hydrogens (tertiary/aromatic N) is 1. The Morgan fingerprint density at radius 2 is 1.56 bits per heavy atom. The normalized spacial score (nSPS) is 14.6. The molecule has 3 aromatic rings. The van der Waals surface area contributed by atoms with E-state index in [0.29, 0.717) is 5.39 Å². The standard InChI is InChI=1S/C17H14NO6P/c19-18(20)17(14-8-2-1-3-9-14)24-25(21,22)23-16-12-6-10-13-7-4-5-11-15(13)16/h1-12,17H,(H,21,22)/p-1. The van der Waals surface area contributed by atoms with Crippen LogP contribution in [0.5, 0.6) is 5.75 Å². The van der Waals surface area contributed by atoms with Gasteiger partial charge in [0.25, 0.3) is 0 Å². The van der Waals surface area contributed by atoms with Crippen molar-refractivity contribution < 1.29 is 23.4 Å². The first kappa shape index (κ1) is 17.1. The van der Waals surface area contributed by atoms with Gasteiger partial charge < -0.3 is 9.42 Å². The summed E-state index contributed by atoms with van der Waals surface area (Å²) in [6.07, 6.45) is -1.88. The Kier molecular flexibility index (Phi) is 4.81. The van der Waals surface area contributed by atoms with E-state index in [2.05, 4.69) is 0 Å². The molecule has 0 spiro atoms. The smallest absolute Gasteiger partial charge is 0.348 e. The fraction of sp³-hybridized carbons (Fsp3) is 0.0588. The summed E-state index contributed by atoms with van der Waals surface area (Å²) in [5, 5.41) is 12.5. The zero-order chi connectivity index (χ0) is 17.9. The molecule has 0 aromatic heterocycles. The number of hydrogen-bond acceptors (Lipinski definition) is 6. The number of benzene rings is 3. The van der Waals surface area contributed by atoms with Crippen molar-refractivity contribution in [2.45, 2.75) is 6.23 Å². The number of hydrogen-bond donors (Lipinski definition) is 0. The van der Waals surface area contributed by atoms with Gasteiger partial charge in [0.1, 0.15) is 5.75 Å². The van der Waals surface area contributed by atoms with Gasteiger partial charge in [0.15, 0.2) is 0 Å². The molecule has 0 radical (unpaired) electrons. The maximum atomic E-state index is 12.2. The molecule has 0 bridgehead atoms. The van der Waals surface area contributed by atoms with Crippen LogP contribution in [0.2, 0.25) is 0 Å². The maximum Gasteiger partial charge on any atom is 0.348 e. The second-order valence-corrected chi connectivity index (χ2v) is 6.46. The Hall–Kier alpha value is -2.73. The van der Waals surface area contributed by atoms with Crippen LogP contribution in [-0.4, -0.2) is 4.92 Å². The average Bonchev–Trinajstić information content (AvgIpc) is 2.60. The molecule has 0 heterocycles. The third-order valence-electron chi connectivity index (χ3n) is 3.46. The summed E-state index contributed by atoms with van der Waals surface area (Å²) in [4.78, 5) is 22.6. The summed E-state index contributed by atoms with van der Waals surface area (Å²) in [5.41, 5.74) is 0.102. The first-order chi connectivity index (χ1) is 12.0. The lowest BCUT2D eigenvalue weighted by molar-refractivity contribution is -0.574. The highest BCUT2D eigenvalue weighted by Gasteiger charge is 2.30. The fourth-order valence-electron chi connectivity index (χ4n) is 2.38. The number of phosphoric acid groups is 1. The van der Waals surface area contributed by atoms with Gasteiger partial charge in [-0.3, -0.25) is 14.7 Å². The number of fused-ring (bicyclic) bond motifs is 1. The lowest BCUT2D eigenvalue weighted by Gasteiger charge is -2.25. The van der Waals surface area contributed by atoms with E-state index in [1.165, 1.54) is 18.2 Å². The predicted octanol–water partition coefficient (Wildman–Crippen LogP) is 3.68. The fourth-order valence-corrected chi connectivity index (χ4v) is 3.26. The van der Waals surface area contributed by atoms with Gasteiger partial charge in [-0.1, -0.05) is 54.6 Å². The first-order valence-corrected chi connectivity index (χ1v) is 8.77. The molecule has 25 heavy (non-hydrogen) atoms. The molecule has 0 amide bonds. The van der Waals surface area contributed by atoms with E-state index in [4.69, 9.17) is 9.05 Å². The van der Waals surface area contributed by atoms with E-state index in [0.717, 1.165) is 5.39 Å². The second kappa shape index (κ2) is 7.03. The molecule has 2 atom stereocenters. The summed E-state index contributed by atoms with van der Waals surface area (Å²) in [6, 6.07) is 19.5. The van der Waals surface area contributed by atoms with Crippen molar-refractivity contribution in [1.29, 1.82) is 0 Å². The van der Waals surface area contributed by atoms with Crippen LogP contribution in [-0.2, 0) is 9.09 Å². The lowest BCUT2D eigenvalue weighted by atomic mass is 10.1. The Labute approximate surface area is 143 Å². The maximum absolute atomic E-state index is 12.2. The van der Waals surface area contributed by atoms with Crippen LogP contribution in [0.4, 0.5) is 0 Å². The topological polar surface area (TPSA) is 102 Å². The van der Waals surface area contributed by atoms with Crippen LogP contribution >= 0.6 is 7.82 Å². The SMILES string of the molecule is O=[N+]([O-])C(OP(=O)([O-])Oc1cccc2ccccc12)c1ccccc1. The number of rotatable bonds is 6. The Morgan fingerprint density at radius 1 is 0.920 bits per heavy atom. The Morgan fingerprint density at radius 3 is 2.28 bits per heavy atom. The molecule has 0 aliphatic rings. The van der Waals surface area contributed by atoms with Crippen molar-refractivity contribution in [3.05, 3.63) is 88.5 Å². The first-order valence-electron chi connectivity index (χ1n) is 7.31. The summed E-state index contributed by atoms with van der Waals surface area (Å²) < 4.78 is 21.9. The van der Waals surface area contributed by atoms with Crippen LogP contribution < -0.4 is 9.42 Å². The largest absolute Gasteiger partial charge is 0.746 e. The van der Waals surface area contributed by atoms with Crippen LogP contribution in [0.15, 0.2) is 72.8 Å². The monoisotopic (exact) mass is 358 g/mol. The van der Waals surface area contributed by atoms with Gasteiger partial charge in [-0.15, -0.1) is 0 Å². The minimum Gasteiger partial charge on any atom is -0.746 e. The molecule has 2 unspecified atom stereocenters. The predicted molar refractivity (Wildman–Crippen MR) is 89.4 cm³/mol. The van der Waals surface area contributed by atoms with Gasteiger partial charge in [-0.2, -0.15) is 0 Å². The van der Waals surface area contributed by atoms with Crippen molar-refractivity contribution in [1.82, 2.24) is 0 Å². The highest BCUT2D eigenvalue weighted by atomic mass is 31.2. The highest BCUT2D eigenvalue weighted by Crippen LogP contribution is 2.46. The summed E-state index contributed by atoms with van der Waals surface area (Å²) in [5.74, 6) is 0.0478. The van der Waals surface area contributed by atoms with E-state index in [1.54, 1.807) is 54.6 Å². The summed E-state index contributed by atoms with van der Waals surface area (Å²) in [7, 11) is -4.99. The quantitative estimate of drug-likeness (QED) is 0.288. The van der Waals surface area contributed by atoms with Crippen molar-refractivity contribution in [3.8, 4) is 5.75 Å². The number of nitro groups is 1. The second-order valence-electron chi connectivity index (χ2n) is 5.17. The van der Waals surface area contributed by atoms with Gasteiger partial charge in [-0.25, -0.2) is 4.52 Å². The molecule has 0 aliphatic heterocycles. The molecule has 3 rings (SSSR count). The number of phosphoric ester groups is 1. The van der Waals surface area contributed by atoms with Gasteiger partial charge in [0.2, 0.25) is 0 Å². The Balaban J connectivity index is 1.88. The van der Waals surface area contributed by atoms with Gasteiger partial charge in [0.05, 0.1) is 10.5 Å². The van der Waals surface area contributed by atoms with E-state index in [-0.39, 0.29) is 11.3 Å². The van der Waals surface area contributed by atoms with Gasteiger partial charge in [-0.05, 0) is 23.6 Å². The molecular formula is C17H13NO6P-. The van der Waals surface area contributed by atoms with E-state index >= 15 is 0 Å². The lowest BCUT2D eigenvalue weighted by Crippen LogP contribution is -2.19. The molecule has 3 aromatic carbocycles. The molecule has 0 N–H and O–H groups in total. The zero-order valence-corrected chi connectivity index (χ0v) is 13.7. The van der Waals surface area contributed by atoms with E-state index in [1.807, 2.05) is 0 Å². The van der Waals surface area contributed by atoms with Crippen molar-refractivity contribution >= 4 is 18.6 Å². The van der Waals surface area contributed by atoms with Crippen molar-refractivity contribution in [2.24, 2.45) is 0 Å². The van der Waals surface area contributed by atoms with Gasteiger partial charge >= 0.3 is 14.1 Å².